The summed E-state index contributed by atoms with van der Waals surface area (Å²) >= 11 is 6.25. The molecule has 350 valence electrons. The molecule has 0 unspecified atom stereocenters. The largest absolute Gasteiger partial charge is 0.369 e. The normalized spacial score (nSPS) is 14.1. The number of amides is 4. The molecule has 0 atom stereocenters. The van der Waals surface area contributed by atoms with E-state index in [0.29, 0.717) is 49.3 Å². The van der Waals surface area contributed by atoms with Gasteiger partial charge in [-0.05, 0) is 105 Å². The van der Waals surface area contributed by atoms with Gasteiger partial charge < -0.3 is 35.6 Å². The lowest BCUT2D eigenvalue weighted by atomic mass is 9.86. The quantitative estimate of drug-likeness (QED) is 0.0632. The third kappa shape index (κ3) is 10.7. The van der Waals surface area contributed by atoms with Gasteiger partial charge in [0.25, 0.3) is 17.7 Å². The van der Waals surface area contributed by atoms with E-state index in [1.165, 1.54) is 40.9 Å². The van der Waals surface area contributed by atoms with Crippen molar-refractivity contribution < 1.29 is 32.3 Å². The van der Waals surface area contributed by atoms with Gasteiger partial charge in [-0.2, -0.15) is 0 Å². The number of hydrogen-bond acceptors (Lipinski definition) is 7. The van der Waals surface area contributed by atoms with Crippen molar-refractivity contribution in [2.45, 2.75) is 58.2 Å². The molecule has 1 saturated heterocycles. The number of halogens is 4. The number of carbonyl (C=O) groups excluding carboxylic acids is 4. The summed E-state index contributed by atoms with van der Waals surface area (Å²) in [6, 6.07) is 23.1. The number of piperazine rings is 1. The zero-order valence-corrected chi connectivity index (χ0v) is 38.4. The molecule has 6 aromatic rings. The summed E-state index contributed by atoms with van der Waals surface area (Å²) < 4.78 is 47.0. The molecule has 4 aromatic carbocycles. The summed E-state index contributed by atoms with van der Waals surface area (Å²) in [5.41, 5.74) is 3.43. The van der Waals surface area contributed by atoms with E-state index in [9.17, 15) is 23.6 Å². The number of nitrogens with zero attached hydrogens (tertiary/aromatic N) is 4. The van der Waals surface area contributed by atoms with E-state index >= 15 is 8.78 Å². The van der Waals surface area contributed by atoms with Crippen molar-refractivity contribution in [2.75, 3.05) is 49.1 Å². The third-order valence-electron chi connectivity index (χ3n) is 12.4. The van der Waals surface area contributed by atoms with Gasteiger partial charge in [0, 0.05) is 115 Å². The van der Waals surface area contributed by atoms with Gasteiger partial charge in [0.2, 0.25) is 5.91 Å². The highest BCUT2D eigenvalue weighted by molar-refractivity contribution is 6.31. The standard InChI is InChI=1S/C52H50ClF3N8O4/c1-52(2)41-14-11-36(29-46(41)64(51(52)68)32-40-42(53)6-5-7-43(40)54)49(66)61-31-39-44(55)26-34(27-45(39)56)10-15-47(65)58-18-3-4-22-63-23-17-35-28-37(30-60-48(35)63)50(67)59-19-16-33-8-12-38(13-9-33)62-24-20-57-21-25-62/h5-9,11-14,17,23,26-30,57H,3-4,16,18-22,24-25,31-32H2,1-2H3,(H,58,65)(H,59,67)(H,61,66). The first-order valence-corrected chi connectivity index (χ1v) is 22.9. The maximum absolute atomic E-state index is 15.2. The number of benzene rings is 4. The average molecular weight is 943 g/mol. The van der Waals surface area contributed by atoms with Crippen LogP contribution in [-0.2, 0) is 41.1 Å². The van der Waals surface area contributed by atoms with E-state index in [1.54, 1.807) is 26.1 Å². The van der Waals surface area contributed by atoms with Crippen LogP contribution in [0, 0.1) is 29.3 Å². The van der Waals surface area contributed by atoms with E-state index in [4.69, 9.17) is 11.6 Å². The minimum absolute atomic E-state index is 0.0640. The second kappa shape index (κ2) is 20.8. The number of pyridine rings is 1. The fourth-order valence-electron chi connectivity index (χ4n) is 8.48. The van der Waals surface area contributed by atoms with Gasteiger partial charge in [-0.25, -0.2) is 18.2 Å². The van der Waals surface area contributed by atoms with E-state index in [2.05, 4.69) is 67.3 Å². The van der Waals surface area contributed by atoms with Crippen LogP contribution in [0.3, 0.4) is 0 Å². The highest BCUT2D eigenvalue weighted by atomic mass is 35.5. The van der Waals surface area contributed by atoms with Gasteiger partial charge in [-0.15, -0.1) is 0 Å². The number of nitrogens with one attached hydrogen (secondary N) is 4. The first kappa shape index (κ1) is 47.3. The maximum Gasteiger partial charge on any atom is 0.296 e. The lowest BCUT2D eigenvalue weighted by Gasteiger charge is -2.29. The molecule has 4 N–H and O–H groups in total. The fourth-order valence-corrected chi connectivity index (χ4v) is 8.71. The Labute approximate surface area is 397 Å². The molecule has 12 nitrogen and oxygen atoms in total. The Morgan fingerprint density at radius 2 is 1.57 bits per heavy atom. The molecule has 16 heteroatoms. The van der Waals surface area contributed by atoms with Crippen molar-refractivity contribution in [3.63, 3.8) is 0 Å². The Kier molecular flexibility index (Phi) is 14.5. The van der Waals surface area contributed by atoms with Crippen molar-refractivity contribution in [1.82, 2.24) is 30.8 Å². The van der Waals surface area contributed by atoms with Gasteiger partial charge in [-0.1, -0.05) is 41.8 Å². The number of hydrogen-bond donors (Lipinski definition) is 4. The number of anilines is 2. The summed E-state index contributed by atoms with van der Waals surface area (Å²) in [5.74, 6) is 0.601. The monoisotopic (exact) mass is 942 g/mol. The van der Waals surface area contributed by atoms with Crippen LogP contribution < -0.4 is 31.1 Å². The summed E-state index contributed by atoms with van der Waals surface area (Å²) in [6.07, 6.45) is 5.53. The molecule has 4 amide bonds. The Balaban J connectivity index is 0.772. The number of unbranched alkanes of at least 4 members (excludes halogenated alkanes) is 1. The number of aryl methyl sites for hydroxylation is 1. The van der Waals surface area contributed by atoms with Crippen LogP contribution in [0.4, 0.5) is 24.5 Å². The van der Waals surface area contributed by atoms with Gasteiger partial charge in [0.1, 0.15) is 23.1 Å². The van der Waals surface area contributed by atoms with Crippen LogP contribution in [0.2, 0.25) is 5.02 Å². The lowest BCUT2D eigenvalue weighted by Crippen LogP contribution is -2.43. The van der Waals surface area contributed by atoms with Crippen LogP contribution in [0.5, 0.6) is 0 Å². The van der Waals surface area contributed by atoms with Crippen molar-refractivity contribution in [2.24, 2.45) is 0 Å². The molecular formula is C52H50ClF3N8O4. The molecule has 0 spiro atoms. The third-order valence-corrected chi connectivity index (χ3v) is 12.7. The number of aromatic nitrogens is 2. The molecule has 4 heterocycles. The Hall–Kier alpha value is -7.15. The van der Waals surface area contributed by atoms with Crippen LogP contribution in [0.1, 0.15) is 75.2 Å². The molecular weight excluding hydrogens is 893 g/mol. The van der Waals surface area contributed by atoms with Gasteiger partial charge >= 0.3 is 0 Å². The zero-order valence-electron chi connectivity index (χ0n) is 37.7. The second-order valence-corrected chi connectivity index (χ2v) is 17.7. The van der Waals surface area contributed by atoms with Crippen LogP contribution in [0.15, 0.2) is 97.3 Å². The van der Waals surface area contributed by atoms with E-state index < -0.39 is 46.8 Å². The molecule has 0 saturated carbocycles. The topological polar surface area (TPSA) is 141 Å². The molecule has 1 fully saturated rings. The first-order valence-electron chi connectivity index (χ1n) is 22.5. The molecule has 0 radical (unpaired) electrons. The first-order chi connectivity index (χ1) is 32.8. The van der Waals surface area contributed by atoms with Gasteiger partial charge in [-0.3, -0.25) is 19.2 Å². The highest BCUT2D eigenvalue weighted by Crippen LogP contribution is 2.43. The van der Waals surface area contributed by atoms with E-state index in [-0.39, 0.29) is 40.1 Å². The number of rotatable bonds is 15. The van der Waals surface area contributed by atoms with Crippen molar-refractivity contribution >= 4 is 57.6 Å². The molecule has 68 heavy (non-hydrogen) atoms. The fraction of sp³-hybridized carbons (Fsp3) is 0.288. The number of fused-ring (bicyclic) bond motifs is 2. The Bertz CT molecular complexity index is 2920. The minimum Gasteiger partial charge on any atom is -0.369 e. The molecule has 0 aliphatic carbocycles. The molecule has 0 bridgehead atoms. The van der Waals surface area contributed by atoms with Crippen LogP contribution in [-0.4, -0.2) is 72.4 Å². The van der Waals surface area contributed by atoms with Crippen LogP contribution >= 0.6 is 11.6 Å². The summed E-state index contributed by atoms with van der Waals surface area (Å²) in [4.78, 5) is 60.4. The second-order valence-electron chi connectivity index (χ2n) is 17.3. The summed E-state index contributed by atoms with van der Waals surface area (Å²) in [6.45, 7) is 8.20. The van der Waals surface area contributed by atoms with Crippen molar-refractivity contribution in [3.8, 4) is 11.8 Å². The summed E-state index contributed by atoms with van der Waals surface area (Å²) in [7, 11) is 0. The predicted molar refractivity (Wildman–Crippen MR) is 256 cm³/mol. The minimum atomic E-state index is -0.964. The smallest absolute Gasteiger partial charge is 0.296 e. The average Bonchev–Trinajstić information content (AvgIpc) is 3.82. The Morgan fingerprint density at radius 1 is 0.824 bits per heavy atom. The van der Waals surface area contributed by atoms with E-state index in [0.717, 1.165) is 61.3 Å². The van der Waals surface area contributed by atoms with Gasteiger partial charge in [0.05, 0.1) is 17.5 Å². The lowest BCUT2D eigenvalue weighted by molar-refractivity contribution is -0.122. The van der Waals surface area contributed by atoms with E-state index in [1.807, 2.05) is 22.9 Å². The van der Waals surface area contributed by atoms with Crippen molar-refractivity contribution in [1.29, 1.82) is 0 Å². The highest BCUT2D eigenvalue weighted by Gasteiger charge is 2.44. The molecule has 2 aliphatic rings. The molecule has 8 rings (SSSR count). The molecule has 2 aliphatic heterocycles. The summed E-state index contributed by atoms with van der Waals surface area (Å²) in [5, 5.41) is 12.6. The SMILES string of the molecule is CC1(C)C(=O)N(Cc2c(F)cccc2Cl)c2cc(C(=O)NCc3c(F)cc(C#CC(=O)NCCCCn4ccc5cc(C(=O)NCCc6ccc(N7CCNCC7)cc6)cnc54)cc3F)ccc21. The van der Waals surface area contributed by atoms with Crippen molar-refractivity contribution in [3.05, 3.63) is 159 Å². The number of carbonyl (C=O) groups is 4. The molecule has 2 aromatic heterocycles. The maximum atomic E-state index is 15.2. The zero-order chi connectivity index (χ0) is 48.0. The predicted octanol–water partition coefficient (Wildman–Crippen LogP) is 7.19. The Morgan fingerprint density at radius 3 is 2.32 bits per heavy atom. The van der Waals surface area contributed by atoms with Gasteiger partial charge in [0.15, 0.2) is 0 Å². The van der Waals surface area contributed by atoms with Crippen LogP contribution in [0.25, 0.3) is 11.0 Å².